The van der Waals surface area contributed by atoms with Crippen LogP contribution in [0.5, 0.6) is 0 Å². The van der Waals surface area contributed by atoms with Crippen molar-refractivity contribution in [2.75, 3.05) is 6.54 Å². The van der Waals surface area contributed by atoms with Gasteiger partial charge < -0.3 is 10.0 Å². The van der Waals surface area contributed by atoms with Crippen molar-refractivity contribution in [1.82, 2.24) is 9.62 Å². The molecule has 0 saturated carbocycles. The molecule has 1 amide bonds. The van der Waals surface area contributed by atoms with Crippen LogP contribution in [-0.4, -0.2) is 43.1 Å². The Kier molecular flexibility index (Phi) is 4.67. The number of halogens is 2. The van der Waals surface area contributed by atoms with E-state index in [0.29, 0.717) is 6.42 Å². The van der Waals surface area contributed by atoms with Gasteiger partial charge in [-0.25, -0.2) is 17.9 Å². The van der Waals surface area contributed by atoms with Crippen LogP contribution in [-0.2, 0) is 10.0 Å². The molecule has 0 spiro atoms. The topological polar surface area (TPSA) is 86.7 Å². The Hall–Kier alpha value is -1.02. The van der Waals surface area contributed by atoms with Crippen LogP contribution in [0.4, 0.5) is 4.79 Å². The number of nitrogens with zero attached hydrogens (tertiary/aromatic N) is 1. The molecule has 2 atom stereocenters. The maximum Gasteiger partial charge on any atom is 0.407 e. The molecule has 2 N–H and O–H groups in total. The molecule has 0 aromatic heterocycles. The van der Waals surface area contributed by atoms with Crippen molar-refractivity contribution in [3.8, 4) is 0 Å². The van der Waals surface area contributed by atoms with Crippen LogP contribution in [0.3, 0.4) is 0 Å². The smallest absolute Gasteiger partial charge is 0.407 e. The first-order valence-corrected chi connectivity index (χ1v) is 8.41. The van der Waals surface area contributed by atoms with Crippen LogP contribution >= 0.6 is 23.2 Å². The van der Waals surface area contributed by atoms with E-state index in [-0.39, 0.29) is 27.5 Å². The number of sulfonamides is 1. The number of hydrogen-bond donors (Lipinski definition) is 2. The van der Waals surface area contributed by atoms with E-state index in [0.717, 1.165) is 0 Å². The lowest BCUT2D eigenvalue weighted by molar-refractivity contribution is 0.143. The molecule has 1 aliphatic heterocycles. The van der Waals surface area contributed by atoms with E-state index in [1.165, 1.54) is 23.1 Å². The van der Waals surface area contributed by atoms with E-state index < -0.39 is 22.2 Å². The van der Waals surface area contributed by atoms with Gasteiger partial charge in [-0.3, -0.25) is 0 Å². The highest BCUT2D eigenvalue weighted by Gasteiger charge is 2.35. The third-order valence-electron chi connectivity index (χ3n) is 3.33. The summed E-state index contributed by atoms with van der Waals surface area (Å²) < 4.78 is 27.1. The number of rotatable bonds is 3. The van der Waals surface area contributed by atoms with Crippen LogP contribution in [0, 0.1) is 0 Å². The minimum Gasteiger partial charge on any atom is -0.465 e. The lowest BCUT2D eigenvalue weighted by Gasteiger charge is -2.16. The molecule has 1 fully saturated rings. The predicted molar refractivity (Wildman–Crippen MR) is 79.4 cm³/mol. The summed E-state index contributed by atoms with van der Waals surface area (Å²) in [5.74, 6) is 0. The summed E-state index contributed by atoms with van der Waals surface area (Å²) >= 11 is 11.7. The van der Waals surface area contributed by atoms with Gasteiger partial charge in [0.1, 0.15) is 4.90 Å². The average Bonchev–Trinajstić information content (AvgIpc) is 2.72. The number of benzene rings is 1. The van der Waals surface area contributed by atoms with Gasteiger partial charge in [0.05, 0.1) is 5.02 Å². The van der Waals surface area contributed by atoms with Crippen LogP contribution in [0.2, 0.25) is 10.0 Å². The van der Waals surface area contributed by atoms with E-state index in [1.54, 1.807) is 6.92 Å². The molecule has 21 heavy (non-hydrogen) atoms. The van der Waals surface area contributed by atoms with Crippen molar-refractivity contribution in [3.05, 3.63) is 28.2 Å². The van der Waals surface area contributed by atoms with Crippen molar-refractivity contribution in [1.29, 1.82) is 0 Å². The Morgan fingerprint density at radius 3 is 2.67 bits per heavy atom. The summed E-state index contributed by atoms with van der Waals surface area (Å²) in [6, 6.07) is 3.42. The molecule has 116 valence electrons. The van der Waals surface area contributed by atoms with Gasteiger partial charge in [-0.1, -0.05) is 23.2 Å². The van der Waals surface area contributed by atoms with Crippen molar-refractivity contribution in [3.63, 3.8) is 0 Å². The molecular weight excluding hydrogens is 339 g/mol. The number of carboxylic acid groups (broad SMARTS) is 1. The third kappa shape index (κ3) is 3.60. The van der Waals surface area contributed by atoms with Gasteiger partial charge in [0, 0.05) is 23.7 Å². The summed E-state index contributed by atoms with van der Waals surface area (Å²) in [4.78, 5) is 12.1. The molecule has 0 unspecified atom stereocenters. The Balaban J connectivity index is 2.19. The van der Waals surface area contributed by atoms with Gasteiger partial charge in [0.2, 0.25) is 10.0 Å². The Morgan fingerprint density at radius 2 is 2.10 bits per heavy atom. The zero-order valence-corrected chi connectivity index (χ0v) is 13.4. The van der Waals surface area contributed by atoms with Gasteiger partial charge in [0.25, 0.3) is 0 Å². The molecule has 1 aromatic carbocycles. The molecular formula is C12H14Cl2N2O4S. The SMILES string of the molecule is C[C@H]1C[C@@H](NS(=O)(=O)c2cc(Cl)ccc2Cl)CN1C(=O)O. The molecule has 2 rings (SSSR count). The van der Waals surface area contributed by atoms with Crippen molar-refractivity contribution in [2.45, 2.75) is 30.3 Å². The lowest BCUT2D eigenvalue weighted by Crippen LogP contribution is -2.38. The lowest BCUT2D eigenvalue weighted by atomic mass is 10.2. The van der Waals surface area contributed by atoms with Gasteiger partial charge in [0.15, 0.2) is 0 Å². The van der Waals surface area contributed by atoms with Gasteiger partial charge in [-0.15, -0.1) is 0 Å². The minimum absolute atomic E-state index is 0.0630. The second-order valence-corrected chi connectivity index (χ2v) is 7.44. The highest BCUT2D eigenvalue weighted by Crippen LogP contribution is 2.26. The second-order valence-electron chi connectivity index (χ2n) is 4.91. The fourth-order valence-corrected chi connectivity index (χ4v) is 4.35. The number of hydrogen-bond acceptors (Lipinski definition) is 3. The fraction of sp³-hybridized carbons (Fsp3) is 0.417. The molecule has 1 aromatic rings. The molecule has 1 heterocycles. The van der Waals surface area contributed by atoms with E-state index in [4.69, 9.17) is 28.3 Å². The first-order chi connectivity index (χ1) is 9.70. The minimum atomic E-state index is -3.86. The van der Waals surface area contributed by atoms with Crippen molar-refractivity contribution in [2.24, 2.45) is 0 Å². The molecule has 1 aliphatic rings. The standard InChI is InChI=1S/C12H14Cl2N2O4S/c1-7-4-9(6-16(7)12(17)18)15-21(19,20)11-5-8(13)2-3-10(11)14/h2-3,5,7,9,15H,4,6H2,1H3,(H,17,18)/t7-,9+/m0/s1. The van der Waals surface area contributed by atoms with E-state index in [9.17, 15) is 13.2 Å². The molecule has 9 heteroatoms. The first-order valence-electron chi connectivity index (χ1n) is 6.17. The number of nitrogens with one attached hydrogen (secondary N) is 1. The third-order valence-corrected chi connectivity index (χ3v) is 5.56. The quantitative estimate of drug-likeness (QED) is 0.874. The van der Waals surface area contributed by atoms with E-state index in [2.05, 4.69) is 4.72 Å². The Labute approximate surface area is 132 Å². The molecule has 0 radical (unpaired) electrons. The normalized spacial score (nSPS) is 22.5. The molecule has 0 bridgehead atoms. The maximum atomic E-state index is 12.3. The van der Waals surface area contributed by atoms with Crippen LogP contribution in [0.15, 0.2) is 23.1 Å². The summed E-state index contributed by atoms with van der Waals surface area (Å²) in [7, 11) is -3.86. The van der Waals surface area contributed by atoms with E-state index in [1.807, 2.05) is 0 Å². The predicted octanol–water partition coefficient (Wildman–Crippen LogP) is 2.41. The zero-order chi connectivity index (χ0) is 15.8. The summed E-state index contributed by atoms with van der Waals surface area (Å²) in [5.41, 5.74) is 0. The summed E-state index contributed by atoms with van der Waals surface area (Å²) in [6.45, 7) is 1.84. The summed E-state index contributed by atoms with van der Waals surface area (Å²) in [6.07, 6.45) is -0.658. The Morgan fingerprint density at radius 1 is 1.43 bits per heavy atom. The maximum absolute atomic E-state index is 12.3. The largest absolute Gasteiger partial charge is 0.465 e. The average molecular weight is 353 g/mol. The van der Waals surface area contributed by atoms with Crippen molar-refractivity contribution < 1.29 is 18.3 Å². The monoisotopic (exact) mass is 352 g/mol. The highest BCUT2D eigenvalue weighted by atomic mass is 35.5. The van der Waals surface area contributed by atoms with Crippen LogP contribution < -0.4 is 4.72 Å². The molecule has 0 aliphatic carbocycles. The highest BCUT2D eigenvalue weighted by molar-refractivity contribution is 7.89. The molecule has 6 nitrogen and oxygen atoms in total. The van der Waals surface area contributed by atoms with Crippen LogP contribution in [0.25, 0.3) is 0 Å². The first kappa shape index (κ1) is 16.4. The number of carbonyl (C=O) groups is 1. The molecule has 1 saturated heterocycles. The van der Waals surface area contributed by atoms with E-state index >= 15 is 0 Å². The fourth-order valence-electron chi connectivity index (χ4n) is 2.35. The zero-order valence-electron chi connectivity index (χ0n) is 11.1. The van der Waals surface area contributed by atoms with Crippen molar-refractivity contribution >= 4 is 39.3 Å². The second kappa shape index (κ2) is 6.00. The van der Waals surface area contributed by atoms with Crippen LogP contribution in [0.1, 0.15) is 13.3 Å². The number of likely N-dealkylation sites (tertiary alicyclic amines) is 1. The summed E-state index contributed by atoms with van der Waals surface area (Å²) in [5, 5.41) is 9.33. The number of amides is 1. The van der Waals surface area contributed by atoms with Gasteiger partial charge in [-0.05, 0) is 31.5 Å². The Bertz CT molecular complexity index is 665. The van der Waals surface area contributed by atoms with Gasteiger partial charge in [-0.2, -0.15) is 0 Å². The van der Waals surface area contributed by atoms with Gasteiger partial charge >= 0.3 is 6.09 Å².